The number of nitrogens with one attached hydrogen (secondary N) is 3. The van der Waals surface area contributed by atoms with Gasteiger partial charge in [0.05, 0.1) is 21.5 Å². The Morgan fingerprint density at radius 2 is 1.34 bits per heavy atom. The molecule has 2 spiro atoms. The van der Waals surface area contributed by atoms with Gasteiger partial charge in [0.2, 0.25) is 0 Å². The molecule has 6 aromatic rings. The second-order valence-corrected chi connectivity index (χ2v) is 20.4. The SMILES string of the molecule is CN(C)CC1CC2(CCC1(O)c1ccc(-c3ccc4[nH]c5c(c4c3)CCSC53CCC(O)(c4cccc(F)c4)C(CN(C)C)C3)cc1)NCCc1c2[nH]c2ccccc12. The van der Waals surface area contributed by atoms with Gasteiger partial charge in [-0.15, -0.1) is 11.8 Å². The number of benzene rings is 4. The van der Waals surface area contributed by atoms with Gasteiger partial charge in [-0.2, -0.15) is 0 Å². The van der Waals surface area contributed by atoms with Gasteiger partial charge in [-0.1, -0.05) is 60.7 Å². The average molecular weight is 812 g/mol. The van der Waals surface area contributed by atoms with Crippen LogP contribution < -0.4 is 5.32 Å². The highest BCUT2D eigenvalue weighted by Gasteiger charge is 2.54. The maximum absolute atomic E-state index is 14.5. The summed E-state index contributed by atoms with van der Waals surface area (Å²) < 4.78 is 14.3. The molecule has 4 aromatic carbocycles. The third-order valence-electron chi connectivity index (χ3n) is 14.8. The van der Waals surface area contributed by atoms with E-state index in [4.69, 9.17) is 0 Å². The van der Waals surface area contributed by atoms with E-state index >= 15 is 0 Å². The Balaban J connectivity index is 0.937. The van der Waals surface area contributed by atoms with Crippen LogP contribution in [0.4, 0.5) is 4.39 Å². The highest BCUT2D eigenvalue weighted by atomic mass is 32.2. The van der Waals surface area contributed by atoms with E-state index in [1.54, 1.807) is 6.07 Å². The number of thioether (sulfide) groups is 1. The Labute approximate surface area is 351 Å². The highest BCUT2D eigenvalue weighted by Crippen LogP contribution is 2.59. The van der Waals surface area contributed by atoms with Gasteiger partial charge in [-0.05, 0) is 149 Å². The van der Waals surface area contributed by atoms with Crippen LogP contribution in [0.25, 0.3) is 32.9 Å². The molecule has 2 aliphatic heterocycles. The normalized spacial score (nSPS) is 29.5. The molecule has 0 saturated heterocycles. The van der Waals surface area contributed by atoms with Crippen LogP contribution in [0.1, 0.15) is 72.2 Å². The molecule has 9 heteroatoms. The number of H-pyrrole nitrogens is 2. The summed E-state index contributed by atoms with van der Waals surface area (Å²) in [5.41, 5.74) is 9.59. The summed E-state index contributed by atoms with van der Waals surface area (Å²) in [5, 5.41) is 31.6. The summed E-state index contributed by atoms with van der Waals surface area (Å²) in [5.74, 6) is 0.705. The van der Waals surface area contributed by atoms with E-state index in [0.717, 1.165) is 80.6 Å². The van der Waals surface area contributed by atoms with Crippen LogP contribution in [0.3, 0.4) is 0 Å². The lowest BCUT2D eigenvalue weighted by Crippen LogP contribution is -2.57. The number of halogens is 1. The van der Waals surface area contributed by atoms with E-state index < -0.39 is 11.2 Å². The molecule has 6 unspecified atom stereocenters. The summed E-state index contributed by atoms with van der Waals surface area (Å²) in [4.78, 5) is 12.1. The molecular formula is C50H58FN5O2S. The molecule has 4 heterocycles. The van der Waals surface area contributed by atoms with Crippen LogP contribution in [-0.4, -0.2) is 83.6 Å². The van der Waals surface area contributed by atoms with Gasteiger partial charge in [0.15, 0.2) is 0 Å². The van der Waals surface area contributed by atoms with E-state index in [9.17, 15) is 14.6 Å². The molecule has 4 aliphatic rings. The second-order valence-electron chi connectivity index (χ2n) is 18.9. The summed E-state index contributed by atoms with van der Waals surface area (Å²) in [6.07, 6.45) is 6.63. The van der Waals surface area contributed by atoms with Crippen molar-refractivity contribution in [1.29, 1.82) is 0 Å². The lowest BCUT2D eigenvalue weighted by Gasteiger charge is -2.51. The van der Waals surface area contributed by atoms with Crippen molar-refractivity contribution in [2.24, 2.45) is 11.8 Å². The molecule has 308 valence electrons. The third-order valence-corrected chi connectivity index (χ3v) is 16.3. The first-order chi connectivity index (χ1) is 28.4. The minimum Gasteiger partial charge on any atom is -0.385 e. The summed E-state index contributed by atoms with van der Waals surface area (Å²) in [6.45, 7) is 2.47. The molecule has 0 amide bonds. The smallest absolute Gasteiger partial charge is 0.123 e. The van der Waals surface area contributed by atoms with Crippen LogP contribution in [0.15, 0.2) is 91.0 Å². The summed E-state index contributed by atoms with van der Waals surface area (Å²) in [7, 11) is 8.36. The molecule has 7 nitrogen and oxygen atoms in total. The van der Waals surface area contributed by atoms with Crippen LogP contribution in [0.2, 0.25) is 0 Å². The fourth-order valence-corrected chi connectivity index (χ4v) is 13.6. The average Bonchev–Trinajstić information content (AvgIpc) is 3.81. The van der Waals surface area contributed by atoms with E-state index in [-0.39, 0.29) is 27.9 Å². The number of aromatic nitrogens is 2. The van der Waals surface area contributed by atoms with Crippen molar-refractivity contribution in [3.8, 4) is 11.1 Å². The molecular weight excluding hydrogens is 754 g/mol. The van der Waals surface area contributed by atoms with Gasteiger partial charge in [0, 0.05) is 64.7 Å². The molecule has 5 N–H and O–H groups in total. The maximum atomic E-state index is 14.5. The maximum Gasteiger partial charge on any atom is 0.123 e. The topological polar surface area (TPSA) is 90.5 Å². The molecule has 10 rings (SSSR count). The van der Waals surface area contributed by atoms with Crippen molar-refractivity contribution in [2.45, 2.75) is 72.9 Å². The van der Waals surface area contributed by atoms with Crippen LogP contribution in [-0.2, 0) is 34.3 Å². The lowest BCUT2D eigenvalue weighted by atomic mass is 9.62. The van der Waals surface area contributed by atoms with E-state index in [0.29, 0.717) is 18.4 Å². The van der Waals surface area contributed by atoms with Crippen molar-refractivity contribution in [3.63, 3.8) is 0 Å². The number of aromatic amines is 2. The minimum absolute atomic E-state index is 0.0387. The number of aryl methyl sites for hydroxylation is 1. The fourth-order valence-electron chi connectivity index (χ4n) is 12.0. The number of nitrogens with zero attached hydrogens (tertiary/aromatic N) is 2. The summed E-state index contributed by atoms with van der Waals surface area (Å²) >= 11 is 2.03. The quantitative estimate of drug-likeness (QED) is 0.111. The van der Waals surface area contributed by atoms with Crippen LogP contribution in [0.5, 0.6) is 0 Å². The standard InChI is InChI=1S/C50H58FN5O2S/c1-55(2)30-36-28-47(45-40(18-24-52-47)39-10-5-6-11-43(39)53-45)20-22-49(36,57)34-15-12-32(13-16-34)33-14-17-44-42(26-33)41-19-25-59-48(46(41)54-44)21-23-50(58,37(29-48)31-56(3)4)35-8-7-9-38(51)27-35/h5-17,26-27,36-37,52-54,57-58H,18-25,28-31H2,1-4H3. The van der Waals surface area contributed by atoms with Gasteiger partial charge >= 0.3 is 0 Å². The molecule has 2 aliphatic carbocycles. The molecule has 2 aromatic heterocycles. The number of aliphatic hydroxyl groups is 2. The third kappa shape index (κ3) is 6.50. The summed E-state index contributed by atoms with van der Waals surface area (Å²) in [6, 6.07) is 30.8. The van der Waals surface area contributed by atoms with E-state index in [1.807, 2.05) is 17.8 Å². The van der Waals surface area contributed by atoms with E-state index in [2.05, 4.69) is 120 Å². The molecule has 2 fully saturated rings. The Morgan fingerprint density at radius 3 is 2.12 bits per heavy atom. The van der Waals surface area contributed by atoms with Gasteiger partial charge in [0.25, 0.3) is 0 Å². The molecule has 0 bridgehead atoms. The van der Waals surface area contributed by atoms with Crippen LogP contribution in [0, 0.1) is 17.7 Å². The molecule has 6 atom stereocenters. The van der Waals surface area contributed by atoms with Gasteiger partial charge in [0.1, 0.15) is 5.82 Å². The zero-order valence-corrected chi connectivity index (χ0v) is 35.7. The second kappa shape index (κ2) is 14.6. The van der Waals surface area contributed by atoms with E-state index in [1.165, 1.54) is 56.5 Å². The number of fused-ring (bicyclic) bond motifs is 8. The predicted molar refractivity (Wildman–Crippen MR) is 239 cm³/mol. The van der Waals surface area contributed by atoms with Gasteiger partial charge < -0.3 is 35.3 Å². The molecule has 59 heavy (non-hydrogen) atoms. The van der Waals surface area contributed by atoms with Crippen LogP contribution >= 0.6 is 11.8 Å². The fraction of sp³-hybridized carbons (Fsp3) is 0.440. The zero-order valence-electron chi connectivity index (χ0n) is 34.9. The largest absolute Gasteiger partial charge is 0.385 e. The lowest BCUT2D eigenvalue weighted by molar-refractivity contribution is -0.0887. The Hall–Kier alpha value is -3.96. The Morgan fingerprint density at radius 1 is 0.661 bits per heavy atom. The first-order valence-corrected chi connectivity index (χ1v) is 22.6. The van der Waals surface area contributed by atoms with Crippen molar-refractivity contribution in [2.75, 3.05) is 53.6 Å². The number of hydrogen-bond acceptors (Lipinski definition) is 6. The van der Waals surface area contributed by atoms with Crippen molar-refractivity contribution < 1.29 is 14.6 Å². The molecule has 0 radical (unpaired) electrons. The minimum atomic E-state index is -1.09. The van der Waals surface area contributed by atoms with Crippen molar-refractivity contribution in [3.05, 3.63) is 130 Å². The number of hydrogen-bond donors (Lipinski definition) is 5. The van der Waals surface area contributed by atoms with Crippen molar-refractivity contribution in [1.82, 2.24) is 25.1 Å². The van der Waals surface area contributed by atoms with Crippen molar-refractivity contribution >= 4 is 33.6 Å². The molecule has 2 saturated carbocycles. The monoisotopic (exact) mass is 811 g/mol. The predicted octanol–water partition coefficient (Wildman–Crippen LogP) is 8.78. The first kappa shape index (κ1) is 39.2. The highest BCUT2D eigenvalue weighted by molar-refractivity contribution is 8.00. The first-order valence-electron chi connectivity index (χ1n) is 21.7. The Kier molecular flexibility index (Phi) is 9.70. The number of rotatable bonds is 7. The van der Waals surface area contributed by atoms with Gasteiger partial charge in [-0.25, -0.2) is 4.39 Å². The number of para-hydroxylation sites is 1. The zero-order chi connectivity index (χ0) is 40.7. The van der Waals surface area contributed by atoms with Gasteiger partial charge in [-0.3, -0.25) is 0 Å². The Bertz CT molecular complexity index is 2530.